The van der Waals surface area contributed by atoms with Crippen molar-refractivity contribution in [2.24, 2.45) is 0 Å². The zero-order valence-electron chi connectivity index (χ0n) is 10.0. The van der Waals surface area contributed by atoms with Gasteiger partial charge in [-0.05, 0) is 36.4 Å². The maximum atomic E-state index is 5.75. The number of ether oxygens (including phenoxy) is 1. The smallest absolute Gasteiger partial charge is 0.129 e. The van der Waals surface area contributed by atoms with Crippen molar-refractivity contribution in [2.75, 3.05) is 24.7 Å². The lowest BCUT2D eigenvalue weighted by Crippen LogP contribution is -1.90. The van der Waals surface area contributed by atoms with E-state index in [9.17, 15) is 0 Å². The predicted octanol–water partition coefficient (Wildman–Crippen LogP) is 3.56. The molecule has 17 heavy (non-hydrogen) atoms. The van der Waals surface area contributed by atoms with Gasteiger partial charge in [-0.3, -0.25) is 0 Å². The van der Waals surface area contributed by atoms with Crippen molar-refractivity contribution in [3.8, 4) is 11.5 Å². The quantitative estimate of drug-likeness (QED) is 0.839. The number of nitrogens with one attached hydrogen (secondary N) is 2. The van der Waals surface area contributed by atoms with E-state index < -0.39 is 0 Å². The molecule has 88 valence electrons. The SMILES string of the molecule is CNc1ccc(Oc2cccc(NC)c2)cc1. The summed E-state index contributed by atoms with van der Waals surface area (Å²) >= 11 is 0. The summed E-state index contributed by atoms with van der Waals surface area (Å²) in [5.74, 6) is 1.66. The molecule has 0 saturated carbocycles. The van der Waals surface area contributed by atoms with Crippen LogP contribution in [0, 0.1) is 0 Å². The average molecular weight is 228 g/mol. The number of anilines is 2. The minimum atomic E-state index is 0.828. The first-order valence-electron chi connectivity index (χ1n) is 5.55. The second kappa shape index (κ2) is 5.25. The summed E-state index contributed by atoms with van der Waals surface area (Å²) in [5.41, 5.74) is 2.11. The van der Waals surface area contributed by atoms with Crippen molar-refractivity contribution < 1.29 is 4.74 Å². The Morgan fingerprint density at radius 3 is 2.12 bits per heavy atom. The second-order valence-electron chi connectivity index (χ2n) is 3.65. The zero-order chi connectivity index (χ0) is 12.1. The summed E-state index contributed by atoms with van der Waals surface area (Å²) in [6.45, 7) is 0. The van der Waals surface area contributed by atoms with Crippen LogP contribution in [0.2, 0.25) is 0 Å². The first kappa shape index (κ1) is 11.3. The van der Waals surface area contributed by atoms with Crippen LogP contribution in [0.1, 0.15) is 0 Å². The van der Waals surface area contributed by atoms with Gasteiger partial charge >= 0.3 is 0 Å². The molecule has 0 radical (unpaired) electrons. The highest BCUT2D eigenvalue weighted by Crippen LogP contribution is 2.24. The molecule has 2 N–H and O–H groups in total. The lowest BCUT2D eigenvalue weighted by molar-refractivity contribution is 0.483. The lowest BCUT2D eigenvalue weighted by atomic mass is 10.3. The summed E-state index contributed by atoms with van der Waals surface area (Å²) in [7, 11) is 3.78. The van der Waals surface area contributed by atoms with E-state index in [4.69, 9.17) is 4.74 Å². The molecule has 3 nitrogen and oxygen atoms in total. The molecule has 0 aliphatic rings. The third-order valence-electron chi connectivity index (χ3n) is 2.50. The van der Waals surface area contributed by atoms with E-state index in [2.05, 4.69) is 10.6 Å². The van der Waals surface area contributed by atoms with E-state index in [0.29, 0.717) is 0 Å². The van der Waals surface area contributed by atoms with Crippen molar-refractivity contribution in [3.05, 3.63) is 48.5 Å². The van der Waals surface area contributed by atoms with Gasteiger partial charge < -0.3 is 15.4 Å². The van der Waals surface area contributed by atoms with Gasteiger partial charge in [-0.1, -0.05) is 6.07 Å². The Hall–Kier alpha value is -2.16. The fourth-order valence-electron chi connectivity index (χ4n) is 1.54. The van der Waals surface area contributed by atoms with E-state index in [1.54, 1.807) is 0 Å². The lowest BCUT2D eigenvalue weighted by Gasteiger charge is -2.08. The predicted molar refractivity (Wildman–Crippen MR) is 72.1 cm³/mol. The molecule has 0 saturated heterocycles. The maximum absolute atomic E-state index is 5.75. The molecule has 0 amide bonds. The van der Waals surface area contributed by atoms with Crippen LogP contribution in [0.3, 0.4) is 0 Å². The Morgan fingerprint density at radius 2 is 1.47 bits per heavy atom. The zero-order valence-corrected chi connectivity index (χ0v) is 10.0. The fourth-order valence-corrected chi connectivity index (χ4v) is 1.54. The highest BCUT2D eigenvalue weighted by atomic mass is 16.5. The van der Waals surface area contributed by atoms with Crippen LogP contribution >= 0.6 is 0 Å². The van der Waals surface area contributed by atoms with Gasteiger partial charge in [0.05, 0.1) is 0 Å². The van der Waals surface area contributed by atoms with E-state index in [1.807, 2.05) is 62.6 Å². The topological polar surface area (TPSA) is 33.3 Å². The number of benzene rings is 2. The molecule has 0 aliphatic carbocycles. The van der Waals surface area contributed by atoms with Gasteiger partial charge in [0, 0.05) is 31.5 Å². The second-order valence-corrected chi connectivity index (χ2v) is 3.65. The van der Waals surface area contributed by atoms with E-state index >= 15 is 0 Å². The summed E-state index contributed by atoms with van der Waals surface area (Å²) < 4.78 is 5.75. The molecule has 0 spiro atoms. The molecular weight excluding hydrogens is 212 g/mol. The van der Waals surface area contributed by atoms with E-state index in [1.165, 1.54) is 0 Å². The van der Waals surface area contributed by atoms with Crippen LogP contribution in [0.15, 0.2) is 48.5 Å². The summed E-state index contributed by atoms with van der Waals surface area (Å²) in [4.78, 5) is 0. The van der Waals surface area contributed by atoms with Crippen LogP contribution in [-0.2, 0) is 0 Å². The Morgan fingerprint density at radius 1 is 0.765 bits per heavy atom. The molecule has 0 fully saturated rings. The molecule has 0 bridgehead atoms. The van der Waals surface area contributed by atoms with Crippen LogP contribution in [0.4, 0.5) is 11.4 Å². The Bertz CT molecular complexity index is 480. The molecule has 0 atom stereocenters. The van der Waals surface area contributed by atoms with Gasteiger partial charge in [0.1, 0.15) is 11.5 Å². The first-order chi connectivity index (χ1) is 8.31. The standard InChI is InChI=1S/C14H16N2O/c1-15-11-6-8-13(9-7-11)17-14-5-3-4-12(10-14)16-2/h3-10,15-16H,1-2H3. The molecule has 0 heterocycles. The van der Waals surface area contributed by atoms with Gasteiger partial charge in [0.15, 0.2) is 0 Å². The third-order valence-corrected chi connectivity index (χ3v) is 2.50. The molecule has 2 aromatic rings. The molecule has 2 aromatic carbocycles. The van der Waals surface area contributed by atoms with Gasteiger partial charge in [-0.2, -0.15) is 0 Å². The van der Waals surface area contributed by atoms with Crippen LogP contribution in [0.25, 0.3) is 0 Å². The monoisotopic (exact) mass is 228 g/mol. The van der Waals surface area contributed by atoms with E-state index in [0.717, 1.165) is 22.9 Å². The molecule has 0 aromatic heterocycles. The van der Waals surface area contributed by atoms with Crippen molar-refractivity contribution in [1.82, 2.24) is 0 Å². The number of hydrogen-bond donors (Lipinski definition) is 2. The molecule has 0 aliphatic heterocycles. The maximum Gasteiger partial charge on any atom is 0.129 e. The summed E-state index contributed by atoms with van der Waals surface area (Å²) in [6.07, 6.45) is 0. The van der Waals surface area contributed by atoms with E-state index in [-0.39, 0.29) is 0 Å². The minimum Gasteiger partial charge on any atom is -0.457 e. The van der Waals surface area contributed by atoms with Gasteiger partial charge in [0.25, 0.3) is 0 Å². The van der Waals surface area contributed by atoms with Crippen molar-refractivity contribution in [1.29, 1.82) is 0 Å². The normalized spacial score (nSPS) is 9.76. The third kappa shape index (κ3) is 2.91. The highest BCUT2D eigenvalue weighted by Gasteiger charge is 1.98. The fraction of sp³-hybridized carbons (Fsp3) is 0.143. The molecular formula is C14H16N2O. The van der Waals surface area contributed by atoms with Crippen molar-refractivity contribution >= 4 is 11.4 Å². The summed E-state index contributed by atoms with van der Waals surface area (Å²) in [5, 5.41) is 6.15. The summed E-state index contributed by atoms with van der Waals surface area (Å²) in [6, 6.07) is 15.7. The largest absolute Gasteiger partial charge is 0.457 e. The number of rotatable bonds is 4. The minimum absolute atomic E-state index is 0.828. The van der Waals surface area contributed by atoms with Crippen molar-refractivity contribution in [3.63, 3.8) is 0 Å². The Kier molecular flexibility index (Phi) is 3.50. The van der Waals surface area contributed by atoms with Crippen LogP contribution in [0.5, 0.6) is 11.5 Å². The van der Waals surface area contributed by atoms with Crippen LogP contribution in [-0.4, -0.2) is 14.1 Å². The molecule has 0 unspecified atom stereocenters. The van der Waals surface area contributed by atoms with Crippen molar-refractivity contribution in [2.45, 2.75) is 0 Å². The van der Waals surface area contributed by atoms with Gasteiger partial charge in [-0.25, -0.2) is 0 Å². The molecule has 3 heteroatoms. The average Bonchev–Trinajstić information content (AvgIpc) is 2.40. The molecule has 2 rings (SSSR count). The highest BCUT2D eigenvalue weighted by molar-refractivity contribution is 5.50. The van der Waals surface area contributed by atoms with Crippen LogP contribution < -0.4 is 15.4 Å². The van der Waals surface area contributed by atoms with Gasteiger partial charge in [-0.15, -0.1) is 0 Å². The number of hydrogen-bond acceptors (Lipinski definition) is 3. The Labute approximate surface area is 101 Å². The Balaban J connectivity index is 2.13. The van der Waals surface area contributed by atoms with Gasteiger partial charge in [0.2, 0.25) is 0 Å². The first-order valence-corrected chi connectivity index (χ1v) is 5.55.